The number of anilines is 2. The lowest BCUT2D eigenvalue weighted by atomic mass is 9.91. The summed E-state index contributed by atoms with van der Waals surface area (Å²) in [6.45, 7) is 1.17. The van der Waals surface area contributed by atoms with Crippen LogP contribution in [0.2, 0.25) is 0 Å². The van der Waals surface area contributed by atoms with Crippen molar-refractivity contribution in [3.63, 3.8) is 0 Å². The summed E-state index contributed by atoms with van der Waals surface area (Å²) in [5, 5.41) is 14.5. The third kappa shape index (κ3) is 3.00. The third-order valence-electron chi connectivity index (χ3n) is 4.01. The highest BCUT2D eigenvalue weighted by atomic mass is 16.6. The minimum absolute atomic E-state index is 0.318. The Labute approximate surface area is 149 Å². The molecule has 130 valence electrons. The molecule has 2 aromatic rings. The number of amides is 2. The molecule has 0 aliphatic carbocycles. The summed E-state index contributed by atoms with van der Waals surface area (Å²) in [6, 6.07) is 15.3. The van der Waals surface area contributed by atoms with Gasteiger partial charge in [-0.25, -0.2) is 0 Å². The summed E-state index contributed by atoms with van der Waals surface area (Å²) in [5.41, 5.74) is -0.0491. The Morgan fingerprint density at radius 1 is 1.23 bits per heavy atom. The van der Waals surface area contributed by atoms with Crippen LogP contribution in [0.3, 0.4) is 0 Å². The van der Waals surface area contributed by atoms with Crippen LogP contribution in [0, 0.1) is 11.3 Å². The van der Waals surface area contributed by atoms with E-state index in [1.165, 1.54) is 13.0 Å². The van der Waals surface area contributed by atoms with Crippen LogP contribution < -0.4 is 10.6 Å². The van der Waals surface area contributed by atoms with E-state index in [0.29, 0.717) is 22.5 Å². The van der Waals surface area contributed by atoms with Gasteiger partial charge in [0.05, 0.1) is 12.5 Å². The Bertz CT molecular complexity index is 934. The van der Waals surface area contributed by atoms with Crippen LogP contribution in [0.5, 0.6) is 0 Å². The maximum absolute atomic E-state index is 12.4. The van der Waals surface area contributed by atoms with Crippen molar-refractivity contribution >= 4 is 29.2 Å². The lowest BCUT2D eigenvalue weighted by Crippen LogP contribution is -2.38. The highest BCUT2D eigenvalue weighted by Crippen LogP contribution is 2.42. The first-order valence-electron chi connectivity index (χ1n) is 7.85. The fraction of sp³-hybridized carbons (Fsp3) is 0.158. The van der Waals surface area contributed by atoms with Gasteiger partial charge < -0.3 is 15.4 Å². The van der Waals surface area contributed by atoms with Crippen molar-refractivity contribution in [2.45, 2.75) is 18.9 Å². The molecule has 2 N–H and O–H groups in total. The van der Waals surface area contributed by atoms with Gasteiger partial charge in [-0.05, 0) is 30.3 Å². The molecule has 0 spiro atoms. The molecule has 2 aromatic carbocycles. The Kier molecular flexibility index (Phi) is 4.42. The highest BCUT2D eigenvalue weighted by Gasteiger charge is 2.50. The highest BCUT2D eigenvalue weighted by molar-refractivity contribution is 6.08. The topological polar surface area (TPSA) is 108 Å². The molecule has 0 fully saturated rings. The first-order valence-corrected chi connectivity index (χ1v) is 7.85. The van der Waals surface area contributed by atoms with Gasteiger partial charge in [0.15, 0.2) is 0 Å². The number of nitrogens with one attached hydrogen (secondary N) is 2. The summed E-state index contributed by atoms with van der Waals surface area (Å²) in [5.74, 6) is -1.58. The van der Waals surface area contributed by atoms with Crippen LogP contribution in [0.15, 0.2) is 48.5 Å². The number of ether oxygens (including phenoxy) is 1. The van der Waals surface area contributed by atoms with E-state index < -0.39 is 17.5 Å². The van der Waals surface area contributed by atoms with E-state index in [1.54, 1.807) is 42.5 Å². The maximum atomic E-state index is 12.4. The molecule has 26 heavy (non-hydrogen) atoms. The van der Waals surface area contributed by atoms with Gasteiger partial charge in [0.1, 0.15) is 0 Å². The number of hydrogen-bond donors (Lipinski definition) is 2. The van der Waals surface area contributed by atoms with E-state index in [1.807, 2.05) is 6.07 Å². The molecular weight excluding hydrogens is 334 g/mol. The van der Waals surface area contributed by atoms with Gasteiger partial charge in [-0.15, -0.1) is 0 Å². The molecular formula is C19H15N3O4. The molecule has 7 heteroatoms. The van der Waals surface area contributed by atoms with Gasteiger partial charge in [0.2, 0.25) is 5.60 Å². The minimum atomic E-state index is -1.72. The van der Waals surface area contributed by atoms with Crippen molar-refractivity contribution in [2.75, 3.05) is 10.6 Å². The van der Waals surface area contributed by atoms with Gasteiger partial charge in [-0.1, -0.05) is 18.2 Å². The van der Waals surface area contributed by atoms with Crippen molar-refractivity contribution in [2.24, 2.45) is 0 Å². The molecule has 0 aromatic heterocycles. The predicted molar refractivity (Wildman–Crippen MR) is 93.1 cm³/mol. The smallest absolute Gasteiger partial charge is 0.304 e. The predicted octanol–water partition coefficient (Wildman–Crippen LogP) is 2.56. The van der Waals surface area contributed by atoms with Crippen LogP contribution >= 0.6 is 0 Å². The Balaban J connectivity index is 1.97. The average Bonchev–Trinajstić information content (AvgIpc) is 2.87. The lowest BCUT2D eigenvalue weighted by Gasteiger charge is -2.24. The van der Waals surface area contributed by atoms with Gasteiger partial charge in [0, 0.05) is 29.4 Å². The molecule has 3 rings (SSSR count). The van der Waals surface area contributed by atoms with Crippen molar-refractivity contribution in [3.8, 4) is 6.07 Å². The SMILES string of the molecule is CC(=O)OC1(CC#N)C(=O)Nc2ccc(NC(=O)c3ccccc3)cc21. The van der Waals surface area contributed by atoms with Crippen molar-refractivity contribution < 1.29 is 19.1 Å². The number of esters is 1. The van der Waals surface area contributed by atoms with E-state index >= 15 is 0 Å². The second kappa shape index (κ2) is 6.69. The molecule has 1 atom stereocenters. The number of nitrogens with zero attached hydrogens (tertiary/aromatic N) is 1. The van der Waals surface area contributed by atoms with E-state index in [2.05, 4.69) is 10.6 Å². The molecule has 7 nitrogen and oxygen atoms in total. The number of carbonyl (C=O) groups is 3. The molecule has 1 aliphatic heterocycles. The minimum Gasteiger partial charge on any atom is -0.443 e. The molecule has 0 saturated heterocycles. The summed E-state index contributed by atoms with van der Waals surface area (Å²) in [6.07, 6.45) is -0.332. The van der Waals surface area contributed by atoms with Gasteiger partial charge in [-0.3, -0.25) is 14.4 Å². The monoisotopic (exact) mass is 349 g/mol. The summed E-state index contributed by atoms with van der Waals surface area (Å²) in [4.78, 5) is 36.2. The summed E-state index contributed by atoms with van der Waals surface area (Å²) >= 11 is 0. The zero-order chi connectivity index (χ0) is 18.7. The fourth-order valence-electron chi connectivity index (χ4n) is 2.87. The standard InChI is InChI=1S/C19H15N3O4/c1-12(23)26-19(9-10-20)15-11-14(7-8-16(15)22-18(19)25)21-17(24)13-5-3-2-4-6-13/h2-8,11H,9H2,1H3,(H,21,24)(H,22,25). The largest absolute Gasteiger partial charge is 0.443 e. The van der Waals surface area contributed by atoms with Gasteiger partial charge in [-0.2, -0.15) is 5.26 Å². The zero-order valence-corrected chi connectivity index (χ0v) is 13.9. The molecule has 1 unspecified atom stereocenters. The fourth-order valence-corrected chi connectivity index (χ4v) is 2.87. The first kappa shape index (κ1) is 17.2. The molecule has 2 amide bonds. The van der Waals surface area contributed by atoms with Gasteiger partial charge in [0.25, 0.3) is 11.8 Å². The number of fused-ring (bicyclic) bond motifs is 1. The Hall–Kier alpha value is -3.66. The lowest BCUT2D eigenvalue weighted by molar-refractivity contribution is -0.164. The van der Waals surface area contributed by atoms with E-state index in [9.17, 15) is 14.4 Å². The number of rotatable bonds is 4. The van der Waals surface area contributed by atoms with Crippen molar-refractivity contribution in [1.82, 2.24) is 0 Å². The molecule has 0 saturated carbocycles. The Morgan fingerprint density at radius 3 is 2.62 bits per heavy atom. The second-order valence-electron chi connectivity index (χ2n) is 5.79. The average molecular weight is 349 g/mol. The van der Waals surface area contributed by atoms with Crippen LogP contribution in [-0.2, 0) is 19.9 Å². The molecule has 1 heterocycles. The third-order valence-corrected chi connectivity index (χ3v) is 4.01. The van der Waals surface area contributed by atoms with Crippen LogP contribution in [0.1, 0.15) is 29.3 Å². The second-order valence-corrected chi connectivity index (χ2v) is 5.79. The maximum Gasteiger partial charge on any atom is 0.304 e. The number of hydrogen-bond acceptors (Lipinski definition) is 5. The van der Waals surface area contributed by atoms with Crippen LogP contribution in [0.25, 0.3) is 0 Å². The molecule has 0 bridgehead atoms. The molecule has 1 aliphatic rings. The van der Waals surface area contributed by atoms with Crippen LogP contribution in [0.4, 0.5) is 11.4 Å². The van der Waals surface area contributed by atoms with E-state index in [4.69, 9.17) is 10.00 Å². The number of carbonyl (C=O) groups excluding carboxylic acids is 3. The quantitative estimate of drug-likeness (QED) is 0.825. The number of nitriles is 1. The first-order chi connectivity index (χ1) is 12.5. The van der Waals surface area contributed by atoms with Crippen molar-refractivity contribution in [1.29, 1.82) is 5.26 Å². The molecule has 0 radical (unpaired) electrons. The van der Waals surface area contributed by atoms with E-state index in [0.717, 1.165) is 0 Å². The van der Waals surface area contributed by atoms with Gasteiger partial charge >= 0.3 is 5.97 Å². The Morgan fingerprint density at radius 2 is 1.96 bits per heavy atom. The zero-order valence-electron chi connectivity index (χ0n) is 13.9. The van der Waals surface area contributed by atoms with E-state index in [-0.39, 0.29) is 12.3 Å². The number of benzene rings is 2. The van der Waals surface area contributed by atoms with Crippen LogP contribution in [-0.4, -0.2) is 17.8 Å². The normalized spacial score (nSPS) is 17.6. The van der Waals surface area contributed by atoms with Crippen molar-refractivity contribution in [3.05, 3.63) is 59.7 Å². The summed E-state index contributed by atoms with van der Waals surface area (Å²) in [7, 11) is 0. The summed E-state index contributed by atoms with van der Waals surface area (Å²) < 4.78 is 5.24.